The predicted molar refractivity (Wildman–Crippen MR) is 81.2 cm³/mol. The molecule has 5 nitrogen and oxygen atoms in total. The van der Waals surface area contributed by atoms with Crippen LogP contribution in [0.25, 0.3) is 0 Å². The highest BCUT2D eigenvalue weighted by Gasteiger charge is 2.09. The second-order valence-corrected chi connectivity index (χ2v) is 4.87. The van der Waals surface area contributed by atoms with Crippen molar-refractivity contribution < 1.29 is 24.5 Å². The summed E-state index contributed by atoms with van der Waals surface area (Å²) in [5, 5.41) is 17.9. The summed E-state index contributed by atoms with van der Waals surface area (Å²) in [6.07, 6.45) is -0.925. The van der Waals surface area contributed by atoms with Crippen LogP contribution in [0.15, 0.2) is 48.5 Å². The van der Waals surface area contributed by atoms with Gasteiger partial charge in [0.1, 0.15) is 24.2 Å². The number of carbonyl (C=O) groups is 1. The molecule has 0 amide bonds. The molecule has 2 rings (SSSR count). The normalized spacial score (nSPS) is 11.8. The third kappa shape index (κ3) is 4.58. The molecule has 0 aliphatic carbocycles. The SMILES string of the molecule is Cc1ccc(OC(=O)c2ccc(OCC(O)CO)cc2)cc1. The number of aliphatic hydroxyl groups excluding tert-OH is 2. The van der Waals surface area contributed by atoms with Gasteiger partial charge >= 0.3 is 5.97 Å². The van der Waals surface area contributed by atoms with Gasteiger partial charge in [0.2, 0.25) is 0 Å². The van der Waals surface area contributed by atoms with Crippen molar-refractivity contribution in [1.82, 2.24) is 0 Å². The van der Waals surface area contributed by atoms with Crippen LogP contribution in [-0.2, 0) is 0 Å². The number of esters is 1. The maximum absolute atomic E-state index is 12.0. The molecule has 2 aromatic rings. The van der Waals surface area contributed by atoms with E-state index in [0.29, 0.717) is 17.1 Å². The van der Waals surface area contributed by atoms with Crippen molar-refractivity contribution in [3.05, 3.63) is 59.7 Å². The Bertz CT molecular complexity index is 604. The Morgan fingerprint density at radius 2 is 1.64 bits per heavy atom. The Morgan fingerprint density at radius 1 is 1.05 bits per heavy atom. The molecule has 2 aromatic carbocycles. The van der Waals surface area contributed by atoms with E-state index in [1.165, 1.54) is 0 Å². The van der Waals surface area contributed by atoms with E-state index < -0.39 is 12.1 Å². The van der Waals surface area contributed by atoms with E-state index in [9.17, 15) is 9.90 Å². The monoisotopic (exact) mass is 302 g/mol. The molecule has 0 saturated carbocycles. The van der Waals surface area contributed by atoms with Gasteiger partial charge in [-0.05, 0) is 43.3 Å². The van der Waals surface area contributed by atoms with E-state index in [2.05, 4.69) is 0 Å². The van der Waals surface area contributed by atoms with Gasteiger partial charge in [-0.15, -0.1) is 0 Å². The summed E-state index contributed by atoms with van der Waals surface area (Å²) in [4.78, 5) is 12.0. The molecule has 5 heteroatoms. The zero-order valence-electron chi connectivity index (χ0n) is 12.2. The Hall–Kier alpha value is -2.37. The summed E-state index contributed by atoms with van der Waals surface area (Å²) in [5.74, 6) is 0.534. The smallest absolute Gasteiger partial charge is 0.343 e. The quantitative estimate of drug-likeness (QED) is 0.630. The molecular formula is C17H18O5. The number of hydrogen-bond acceptors (Lipinski definition) is 5. The second kappa shape index (κ2) is 7.59. The molecule has 1 atom stereocenters. The molecule has 0 aliphatic heterocycles. The molecule has 1 unspecified atom stereocenters. The van der Waals surface area contributed by atoms with Gasteiger partial charge in [0, 0.05) is 0 Å². The van der Waals surface area contributed by atoms with Crippen molar-refractivity contribution in [3.63, 3.8) is 0 Å². The minimum atomic E-state index is -0.925. The lowest BCUT2D eigenvalue weighted by molar-refractivity contribution is 0.0536. The van der Waals surface area contributed by atoms with Crippen LogP contribution in [0.1, 0.15) is 15.9 Å². The van der Waals surface area contributed by atoms with E-state index in [-0.39, 0.29) is 13.2 Å². The van der Waals surface area contributed by atoms with Crippen LogP contribution in [0, 0.1) is 6.92 Å². The summed E-state index contributed by atoms with van der Waals surface area (Å²) >= 11 is 0. The molecule has 0 heterocycles. The van der Waals surface area contributed by atoms with Crippen LogP contribution < -0.4 is 9.47 Å². The Balaban J connectivity index is 1.94. The Kier molecular flexibility index (Phi) is 5.52. The summed E-state index contributed by atoms with van der Waals surface area (Å²) in [5.41, 5.74) is 1.49. The van der Waals surface area contributed by atoms with Gasteiger partial charge in [-0.1, -0.05) is 17.7 Å². The third-order valence-electron chi connectivity index (χ3n) is 2.97. The first-order valence-electron chi connectivity index (χ1n) is 6.89. The van der Waals surface area contributed by atoms with E-state index in [1.807, 2.05) is 19.1 Å². The van der Waals surface area contributed by atoms with Crippen LogP contribution in [0.3, 0.4) is 0 Å². The van der Waals surface area contributed by atoms with Gasteiger partial charge in [0.05, 0.1) is 12.2 Å². The molecule has 2 N–H and O–H groups in total. The Morgan fingerprint density at radius 3 is 2.23 bits per heavy atom. The predicted octanol–water partition coefficient (Wildman–Crippen LogP) is 1.95. The first-order valence-corrected chi connectivity index (χ1v) is 6.89. The van der Waals surface area contributed by atoms with Crippen LogP contribution >= 0.6 is 0 Å². The first kappa shape index (κ1) is 16.0. The third-order valence-corrected chi connectivity index (χ3v) is 2.97. The van der Waals surface area contributed by atoms with E-state index >= 15 is 0 Å². The lowest BCUT2D eigenvalue weighted by Crippen LogP contribution is -2.21. The number of hydrogen-bond donors (Lipinski definition) is 2. The molecule has 0 saturated heterocycles. The topological polar surface area (TPSA) is 76.0 Å². The van der Waals surface area contributed by atoms with Gasteiger partial charge in [0.25, 0.3) is 0 Å². The number of ether oxygens (including phenoxy) is 2. The molecule has 0 aliphatic rings. The minimum absolute atomic E-state index is 0.0103. The molecule has 0 bridgehead atoms. The molecular weight excluding hydrogens is 284 g/mol. The average Bonchev–Trinajstić information content (AvgIpc) is 2.55. The zero-order valence-corrected chi connectivity index (χ0v) is 12.2. The molecule has 22 heavy (non-hydrogen) atoms. The lowest BCUT2D eigenvalue weighted by atomic mass is 10.2. The van der Waals surface area contributed by atoms with E-state index in [1.54, 1.807) is 36.4 Å². The van der Waals surface area contributed by atoms with E-state index in [0.717, 1.165) is 5.56 Å². The van der Waals surface area contributed by atoms with Crippen LogP contribution in [0.2, 0.25) is 0 Å². The summed E-state index contributed by atoms with van der Waals surface area (Å²) < 4.78 is 10.5. The zero-order chi connectivity index (χ0) is 15.9. The highest BCUT2D eigenvalue weighted by atomic mass is 16.5. The van der Waals surface area contributed by atoms with Crippen LogP contribution in [0.5, 0.6) is 11.5 Å². The largest absolute Gasteiger partial charge is 0.491 e. The summed E-state index contributed by atoms with van der Waals surface area (Å²) in [7, 11) is 0. The fourth-order valence-electron chi connectivity index (χ4n) is 1.70. The van der Waals surface area contributed by atoms with Crippen molar-refractivity contribution in [3.8, 4) is 11.5 Å². The van der Waals surface area contributed by atoms with Gasteiger partial charge in [-0.25, -0.2) is 4.79 Å². The van der Waals surface area contributed by atoms with Gasteiger partial charge in [0.15, 0.2) is 0 Å². The van der Waals surface area contributed by atoms with Crippen molar-refractivity contribution in [2.24, 2.45) is 0 Å². The van der Waals surface area contributed by atoms with Crippen LogP contribution in [0.4, 0.5) is 0 Å². The molecule has 0 radical (unpaired) electrons. The highest BCUT2D eigenvalue weighted by molar-refractivity contribution is 5.91. The highest BCUT2D eigenvalue weighted by Crippen LogP contribution is 2.16. The molecule has 0 spiro atoms. The van der Waals surface area contributed by atoms with Crippen molar-refractivity contribution in [2.75, 3.05) is 13.2 Å². The molecule has 116 valence electrons. The fourth-order valence-corrected chi connectivity index (χ4v) is 1.70. The number of carbonyl (C=O) groups excluding carboxylic acids is 1. The Labute approximate surface area is 128 Å². The standard InChI is InChI=1S/C17H18O5/c1-12-2-6-16(7-3-12)22-17(20)13-4-8-15(9-5-13)21-11-14(19)10-18/h2-9,14,18-19H,10-11H2,1H3. The van der Waals surface area contributed by atoms with Crippen molar-refractivity contribution in [2.45, 2.75) is 13.0 Å². The average molecular weight is 302 g/mol. The van der Waals surface area contributed by atoms with Crippen molar-refractivity contribution in [1.29, 1.82) is 0 Å². The first-order chi connectivity index (χ1) is 10.6. The summed E-state index contributed by atoms with van der Waals surface area (Å²) in [6, 6.07) is 13.6. The minimum Gasteiger partial charge on any atom is -0.491 e. The van der Waals surface area contributed by atoms with Crippen LogP contribution in [-0.4, -0.2) is 35.5 Å². The van der Waals surface area contributed by atoms with Gasteiger partial charge < -0.3 is 19.7 Å². The summed E-state index contributed by atoms with van der Waals surface area (Å²) in [6.45, 7) is 1.59. The number of rotatable bonds is 6. The van der Waals surface area contributed by atoms with Gasteiger partial charge in [-0.3, -0.25) is 0 Å². The second-order valence-electron chi connectivity index (χ2n) is 4.87. The maximum Gasteiger partial charge on any atom is 0.343 e. The number of aliphatic hydroxyl groups is 2. The maximum atomic E-state index is 12.0. The molecule has 0 aromatic heterocycles. The lowest BCUT2D eigenvalue weighted by Gasteiger charge is -2.10. The number of aryl methyl sites for hydroxylation is 1. The fraction of sp³-hybridized carbons (Fsp3) is 0.235. The van der Waals surface area contributed by atoms with Gasteiger partial charge in [-0.2, -0.15) is 0 Å². The van der Waals surface area contributed by atoms with E-state index in [4.69, 9.17) is 14.6 Å². The van der Waals surface area contributed by atoms with Crippen molar-refractivity contribution >= 4 is 5.97 Å². The molecule has 0 fully saturated rings. The number of benzene rings is 2.